The highest BCUT2D eigenvalue weighted by atomic mass is 16.5. The van der Waals surface area contributed by atoms with Gasteiger partial charge in [0.2, 0.25) is 0 Å². The van der Waals surface area contributed by atoms with Gasteiger partial charge >= 0.3 is 5.97 Å². The highest BCUT2D eigenvalue weighted by Crippen LogP contribution is 2.53. The molecule has 1 saturated heterocycles. The number of carbonyl (C=O) groups is 1. The molecule has 1 aliphatic carbocycles. The third-order valence-electron chi connectivity index (χ3n) is 5.37. The molecule has 1 aliphatic heterocycles. The van der Waals surface area contributed by atoms with Crippen LogP contribution in [0.25, 0.3) is 0 Å². The minimum atomic E-state index is -0.403. The Morgan fingerprint density at radius 1 is 1.27 bits per heavy atom. The van der Waals surface area contributed by atoms with Gasteiger partial charge in [-0.1, -0.05) is 6.07 Å². The molecule has 26 heavy (non-hydrogen) atoms. The van der Waals surface area contributed by atoms with E-state index in [0.29, 0.717) is 23.2 Å². The molecule has 0 unspecified atom stereocenters. The zero-order valence-electron chi connectivity index (χ0n) is 15.5. The lowest BCUT2D eigenvalue weighted by atomic mass is 9.97. The van der Waals surface area contributed by atoms with Crippen LogP contribution in [0, 0.1) is 12.3 Å². The molecule has 0 radical (unpaired) electrons. The van der Waals surface area contributed by atoms with E-state index in [0.717, 1.165) is 30.2 Å². The molecule has 2 aromatic rings. The Morgan fingerprint density at radius 2 is 2.04 bits per heavy atom. The largest absolute Gasteiger partial charge is 0.465 e. The van der Waals surface area contributed by atoms with Crippen LogP contribution >= 0.6 is 0 Å². The standard InChI is InChI=1S/C19H24N4O3/c1-13-14(4-5-17(20-13)22-11-19(12-22)6-7-19)8-23-9-15(18(24)26-3)16(21-23)10-25-2/h4-5,9H,6-8,10-12H2,1-3H3. The third kappa shape index (κ3) is 3.07. The van der Waals surface area contributed by atoms with Gasteiger partial charge in [0.05, 0.1) is 20.3 Å². The number of hydrogen-bond acceptors (Lipinski definition) is 6. The van der Waals surface area contributed by atoms with Crippen molar-refractivity contribution in [3.8, 4) is 0 Å². The molecule has 4 rings (SSSR count). The molecule has 0 atom stereocenters. The summed E-state index contributed by atoms with van der Waals surface area (Å²) in [6, 6.07) is 4.18. The molecule has 2 aliphatic rings. The molecule has 138 valence electrons. The zero-order valence-corrected chi connectivity index (χ0v) is 15.5. The second kappa shape index (κ2) is 6.39. The fraction of sp³-hybridized carbons (Fsp3) is 0.526. The van der Waals surface area contributed by atoms with E-state index in [1.165, 1.54) is 20.0 Å². The Bertz CT molecular complexity index is 833. The van der Waals surface area contributed by atoms with Gasteiger partial charge in [-0.2, -0.15) is 5.10 Å². The number of methoxy groups -OCH3 is 2. The second-order valence-corrected chi connectivity index (χ2v) is 7.38. The van der Waals surface area contributed by atoms with Gasteiger partial charge in [0.1, 0.15) is 17.1 Å². The van der Waals surface area contributed by atoms with Gasteiger partial charge in [0.25, 0.3) is 0 Å². The van der Waals surface area contributed by atoms with E-state index in [4.69, 9.17) is 14.5 Å². The molecule has 0 N–H and O–H groups in total. The molecule has 2 aromatic heterocycles. The maximum atomic E-state index is 11.9. The summed E-state index contributed by atoms with van der Waals surface area (Å²) in [7, 11) is 2.94. The van der Waals surface area contributed by atoms with E-state index in [1.54, 1.807) is 18.0 Å². The number of hydrogen-bond donors (Lipinski definition) is 0. The Kier molecular flexibility index (Phi) is 4.19. The van der Waals surface area contributed by atoms with Crippen molar-refractivity contribution in [1.82, 2.24) is 14.8 Å². The quantitative estimate of drug-likeness (QED) is 0.739. The van der Waals surface area contributed by atoms with Gasteiger partial charge in [-0.3, -0.25) is 4.68 Å². The maximum Gasteiger partial charge on any atom is 0.341 e. The van der Waals surface area contributed by atoms with Crippen LogP contribution < -0.4 is 4.90 Å². The van der Waals surface area contributed by atoms with E-state index in [-0.39, 0.29) is 6.61 Å². The second-order valence-electron chi connectivity index (χ2n) is 7.38. The molecule has 1 saturated carbocycles. The Balaban J connectivity index is 1.50. The summed E-state index contributed by atoms with van der Waals surface area (Å²) >= 11 is 0. The molecular weight excluding hydrogens is 332 g/mol. The lowest BCUT2D eigenvalue weighted by Crippen LogP contribution is -2.48. The number of anilines is 1. The van der Waals surface area contributed by atoms with Crippen molar-refractivity contribution in [3.63, 3.8) is 0 Å². The number of carbonyl (C=O) groups excluding carboxylic acids is 1. The summed E-state index contributed by atoms with van der Waals surface area (Å²) in [6.45, 7) is 5.12. The first-order chi connectivity index (χ1) is 12.5. The Hall–Kier alpha value is -2.41. The van der Waals surface area contributed by atoms with Crippen LogP contribution in [-0.4, -0.2) is 48.0 Å². The van der Waals surface area contributed by atoms with Crippen molar-refractivity contribution in [2.45, 2.75) is 32.9 Å². The van der Waals surface area contributed by atoms with E-state index in [1.807, 2.05) is 6.92 Å². The lowest BCUT2D eigenvalue weighted by molar-refractivity contribution is 0.0595. The van der Waals surface area contributed by atoms with Gasteiger partial charge in [0, 0.05) is 37.5 Å². The summed E-state index contributed by atoms with van der Waals surface area (Å²) in [5.74, 6) is 0.653. The van der Waals surface area contributed by atoms with Crippen molar-refractivity contribution in [2.75, 3.05) is 32.2 Å². The average Bonchev–Trinajstić information content (AvgIpc) is 3.31. The fourth-order valence-corrected chi connectivity index (χ4v) is 3.58. The van der Waals surface area contributed by atoms with Gasteiger partial charge < -0.3 is 14.4 Å². The third-order valence-corrected chi connectivity index (χ3v) is 5.37. The maximum absolute atomic E-state index is 11.9. The smallest absolute Gasteiger partial charge is 0.341 e. The van der Waals surface area contributed by atoms with Crippen molar-refractivity contribution in [2.24, 2.45) is 5.41 Å². The molecule has 2 fully saturated rings. The predicted molar refractivity (Wildman–Crippen MR) is 96.2 cm³/mol. The first kappa shape index (κ1) is 17.0. The number of pyridine rings is 1. The number of ether oxygens (including phenoxy) is 2. The minimum absolute atomic E-state index is 0.268. The van der Waals surface area contributed by atoms with Crippen LogP contribution in [-0.2, 0) is 22.6 Å². The first-order valence-corrected chi connectivity index (χ1v) is 8.89. The highest BCUT2D eigenvalue weighted by Gasteiger charge is 2.52. The van der Waals surface area contributed by atoms with Gasteiger partial charge in [-0.25, -0.2) is 9.78 Å². The van der Waals surface area contributed by atoms with Crippen LogP contribution in [0.4, 0.5) is 5.82 Å². The highest BCUT2D eigenvalue weighted by molar-refractivity contribution is 5.90. The topological polar surface area (TPSA) is 69.5 Å². The Morgan fingerprint density at radius 3 is 2.65 bits per heavy atom. The van der Waals surface area contributed by atoms with E-state index < -0.39 is 5.97 Å². The van der Waals surface area contributed by atoms with Gasteiger partial charge in [-0.05, 0) is 31.4 Å². The summed E-state index contributed by atoms with van der Waals surface area (Å²) in [6.07, 6.45) is 4.44. The van der Waals surface area contributed by atoms with Crippen molar-refractivity contribution in [1.29, 1.82) is 0 Å². The number of nitrogens with zero attached hydrogens (tertiary/aromatic N) is 4. The van der Waals surface area contributed by atoms with E-state index in [2.05, 4.69) is 22.1 Å². The predicted octanol–water partition coefficient (Wildman–Crippen LogP) is 2.17. The summed E-state index contributed by atoms with van der Waals surface area (Å²) < 4.78 is 11.7. The SMILES string of the molecule is COCc1nn(Cc2ccc(N3CC4(CC4)C3)nc2C)cc1C(=O)OC. The molecule has 0 bridgehead atoms. The minimum Gasteiger partial charge on any atom is -0.465 e. The summed E-state index contributed by atoms with van der Waals surface area (Å²) in [4.78, 5) is 19.0. The van der Waals surface area contributed by atoms with Crippen molar-refractivity contribution in [3.05, 3.63) is 40.8 Å². The first-order valence-electron chi connectivity index (χ1n) is 8.89. The van der Waals surface area contributed by atoms with E-state index in [9.17, 15) is 4.79 Å². The van der Waals surface area contributed by atoms with Gasteiger partial charge in [-0.15, -0.1) is 0 Å². The molecule has 3 heterocycles. The lowest BCUT2D eigenvalue weighted by Gasteiger charge is -2.41. The average molecular weight is 356 g/mol. The van der Waals surface area contributed by atoms with Crippen LogP contribution in [0.2, 0.25) is 0 Å². The zero-order chi connectivity index (χ0) is 18.3. The Labute approximate surface area is 152 Å². The molecule has 7 heteroatoms. The number of esters is 1. The molecule has 0 aromatic carbocycles. The fourth-order valence-electron chi connectivity index (χ4n) is 3.58. The molecule has 0 amide bonds. The van der Waals surface area contributed by atoms with Crippen LogP contribution in [0.3, 0.4) is 0 Å². The number of aryl methyl sites for hydroxylation is 1. The number of aromatic nitrogens is 3. The molecule has 7 nitrogen and oxygen atoms in total. The van der Waals surface area contributed by atoms with Crippen LogP contribution in [0.15, 0.2) is 18.3 Å². The van der Waals surface area contributed by atoms with Crippen LogP contribution in [0.5, 0.6) is 0 Å². The van der Waals surface area contributed by atoms with E-state index >= 15 is 0 Å². The summed E-state index contributed by atoms with van der Waals surface area (Å²) in [5, 5.41) is 4.47. The normalized spacial score (nSPS) is 17.3. The molecular formula is C19H24N4O3. The van der Waals surface area contributed by atoms with Gasteiger partial charge in [0.15, 0.2) is 0 Å². The monoisotopic (exact) mass is 356 g/mol. The van der Waals surface area contributed by atoms with Crippen molar-refractivity contribution < 1.29 is 14.3 Å². The van der Waals surface area contributed by atoms with Crippen molar-refractivity contribution >= 4 is 11.8 Å². The summed E-state index contributed by atoms with van der Waals surface area (Å²) in [5.41, 5.74) is 3.70. The van der Waals surface area contributed by atoms with Crippen LogP contribution in [0.1, 0.15) is 40.2 Å². The number of rotatable bonds is 6. The molecule has 1 spiro atoms.